The number of hydrogen-bond acceptors (Lipinski definition) is 6. The lowest BCUT2D eigenvalue weighted by Gasteiger charge is -2.13. The molecule has 10 heteroatoms. The van der Waals surface area contributed by atoms with E-state index in [9.17, 15) is 14.4 Å². The number of rotatable bonds is 11. The average Bonchev–Trinajstić information content (AvgIpc) is 3.00. The molecule has 4 rings (SSSR count). The fourth-order valence-corrected chi connectivity index (χ4v) is 4.67. The summed E-state index contributed by atoms with van der Waals surface area (Å²) >= 11 is 7.21. The van der Waals surface area contributed by atoms with E-state index in [2.05, 4.69) is 20.9 Å². The molecule has 0 aliphatic rings. The van der Waals surface area contributed by atoms with Crippen LogP contribution >= 0.6 is 23.4 Å². The number of anilines is 2. The van der Waals surface area contributed by atoms with Crippen molar-refractivity contribution in [3.8, 4) is 5.75 Å². The Morgan fingerprint density at radius 3 is 2.29 bits per heavy atom. The topological polar surface area (TPSA) is 109 Å². The number of nitrogens with one attached hydrogen (secondary N) is 3. The molecule has 0 aliphatic carbocycles. The van der Waals surface area contributed by atoms with Gasteiger partial charge in [0.2, 0.25) is 5.91 Å². The van der Waals surface area contributed by atoms with Crippen molar-refractivity contribution in [1.82, 2.24) is 10.3 Å². The standard InChI is InChI=1S/C32H29ClN4O4S/c1-3-41-26-14-9-22(10-15-26)19-28(36-31(39)23-7-5-4-6-8-23)32(40)35-25-12-16-27(17-13-25)42-21(2)30(38)37-29-18-11-24(33)20-34-29/h4-21H,3H2,1-2H3,(H,35,40)(H,36,39)(H,34,37,38)/b28-19-. The Balaban J connectivity index is 1.43. The first-order chi connectivity index (χ1) is 20.3. The fourth-order valence-electron chi connectivity index (χ4n) is 3.69. The SMILES string of the molecule is CCOc1ccc(/C=C(\NC(=O)c2ccccc2)C(=O)Nc2ccc(SC(C)C(=O)Nc3ccc(Cl)cn3)cc2)cc1. The number of halogens is 1. The van der Waals surface area contributed by atoms with Gasteiger partial charge in [0.15, 0.2) is 0 Å². The molecule has 0 fully saturated rings. The van der Waals surface area contributed by atoms with Crippen molar-refractivity contribution < 1.29 is 19.1 Å². The lowest BCUT2D eigenvalue weighted by atomic mass is 10.1. The molecule has 8 nitrogen and oxygen atoms in total. The number of amides is 3. The van der Waals surface area contributed by atoms with Gasteiger partial charge in [-0.15, -0.1) is 11.8 Å². The van der Waals surface area contributed by atoms with Crippen molar-refractivity contribution in [3.05, 3.63) is 119 Å². The normalized spacial score (nSPS) is 11.7. The second-order valence-electron chi connectivity index (χ2n) is 8.97. The molecular weight excluding hydrogens is 572 g/mol. The van der Waals surface area contributed by atoms with Crippen LogP contribution in [0.25, 0.3) is 6.08 Å². The highest BCUT2D eigenvalue weighted by Gasteiger charge is 2.17. The van der Waals surface area contributed by atoms with Gasteiger partial charge in [0.05, 0.1) is 16.9 Å². The molecule has 0 bridgehead atoms. The number of nitrogens with zero attached hydrogens (tertiary/aromatic N) is 1. The minimum Gasteiger partial charge on any atom is -0.494 e. The maximum absolute atomic E-state index is 13.3. The van der Waals surface area contributed by atoms with Crippen LogP contribution in [-0.2, 0) is 9.59 Å². The van der Waals surface area contributed by atoms with Gasteiger partial charge in [-0.2, -0.15) is 0 Å². The Kier molecular flexibility index (Phi) is 10.7. The first-order valence-corrected chi connectivity index (χ1v) is 14.4. The third-order valence-electron chi connectivity index (χ3n) is 5.80. The van der Waals surface area contributed by atoms with Gasteiger partial charge in [-0.1, -0.05) is 41.9 Å². The molecule has 214 valence electrons. The quantitative estimate of drug-likeness (QED) is 0.131. The van der Waals surface area contributed by atoms with E-state index in [1.165, 1.54) is 18.0 Å². The van der Waals surface area contributed by atoms with E-state index in [4.69, 9.17) is 16.3 Å². The average molecular weight is 601 g/mol. The summed E-state index contributed by atoms with van der Waals surface area (Å²) in [6, 6.07) is 26.2. The zero-order valence-electron chi connectivity index (χ0n) is 23.0. The molecule has 3 amide bonds. The molecule has 3 N–H and O–H groups in total. The molecule has 42 heavy (non-hydrogen) atoms. The summed E-state index contributed by atoms with van der Waals surface area (Å²) in [7, 11) is 0. The highest BCUT2D eigenvalue weighted by atomic mass is 35.5. The number of hydrogen-bond donors (Lipinski definition) is 3. The zero-order valence-corrected chi connectivity index (χ0v) is 24.5. The number of pyridine rings is 1. The Labute approximate surface area is 253 Å². The molecule has 1 atom stereocenters. The highest BCUT2D eigenvalue weighted by Crippen LogP contribution is 2.26. The third kappa shape index (κ3) is 8.95. The molecule has 0 saturated heterocycles. The molecule has 3 aromatic carbocycles. The molecule has 1 aromatic heterocycles. The Hall–Kier alpha value is -4.60. The molecular formula is C32H29ClN4O4S. The summed E-state index contributed by atoms with van der Waals surface area (Å²) in [6.45, 7) is 4.23. The van der Waals surface area contributed by atoms with Crippen LogP contribution in [0.15, 0.2) is 108 Å². The second kappa shape index (κ2) is 14.9. The first-order valence-electron chi connectivity index (χ1n) is 13.1. The Morgan fingerprint density at radius 1 is 0.929 bits per heavy atom. The first kappa shape index (κ1) is 30.4. The van der Waals surface area contributed by atoms with Crippen LogP contribution in [0.5, 0.6) is 5.75 Å². The van der Waals surface area contributed by atoms with Crippen LogP contribution in [0.3, 0.4) is 0 Å². The monoisotopic (exact) mass is 600 g/mol. The number of benzene rings is 3. The van der Waals surface area contributed by atoms with Crippen LogP contribution in [0.4, 0.5) is 11.5 Å². The fraction of sp³-hybridized carbons (Fsp3) is 0.125. The van der Waals surface area contributed by atoms with E-state index in [1.807, 2.05) is 25.1 Å². The molecule has 0 saturated carbocycles. The van der Waals surface area contributed by atoms with E-state index in [-0.39, 0.29) is 11.6 Å². The van der Waals surface area contributed by atoms with Crippen molar-refractivity contribution in [2.45, 2.75) is 24.0 Å². The lowest BCUT2D eigenvalue weighted by molar-refractivity contribution is -0.115. The van der Waals surface area contributed by atoms with Crippen molar-refractivity contribution in [3.63, 3.8) is 0 Å². The van der Waals surface area contributed by atoms with E-state index in [1.54, 1.807) is 85.8 Å². The minimum absolute atomic E-state index is 0.0765. The van der Waals surface area contributed by atoms with Gasteiger partial charge in [0.1, 0.15) is 17.3 Å². The molecule has 0 radical (unpaired) electrons. The van der Waals surface area contributed by atoms with Crippen LogP contribution in [0.2, 0.25) is 5.02 Å². The van der Waals surface area contributed by atoms with Gasteiger partial charge < -0.3 is 20.7 Å². The van der Waals surface area contributed by atoms with Crippen LogP contribution in [0, 0.1) is 0 Å². The zero-order chi connectivity index (χ0) is 29.9. The smallest absolute Gasteiger partial charge is 0.272 e. The van der Waals surface area contributed by atoms with Gasteiger partial charge in [-0.3, -0.25) is 14.4 Å². The summed E-state index contributed by atoms with van der Waals surface area (Å²) in [6.07, 6.45) is 3.07. The summed E-state index contributed by atoms with van der Waals surface area (Å²) in [5.74, 6) is 0.0293. The van der Waals surface area contributed by atoms with Crippen molar-refractivity contribution in [2.24, 2.45) is 0 Å². The van der Waals surface area contributed by atoms with Gasteiger partial charge in [0.25, 0.3) is 11.8 Å². The highest BCUT2D eigenvalue weighted by molar-refractivity contribution is 8.00. The van der Waals surface area contributed by atoms with Crippen molar-refractivity contribution in [2.75, 3.05) is 17.2 Å². The molecule has 0 aliphatic heterocycles. The predicted molar refractivity (Wildman–Crippen MR) is 168 cm³/mol. The van der Waals surface area contributed by atoms with E-state index in [0.29, 0.717) is 40.0 Å². The second-order valence-corrected chi connectivity index (χ2v) is 10.8. The van der Waals surface area contributed by atoms with Crippen LogP contribution in [0.1, 0.15) is 29.8 Å². The maximum atomic E-state index is 13.3. The molecule has 1 heterocycles. The van der Waals surface area contributed by atoms with Crippen molar-refractivity contribution >= 4 is 58.7 Å². The van der Waals surface area contributed by atoms with E-state index in [0.717, 1.165) is 4.90 Å². The predicted octanol–water partition coefficient (Wildman–Crippen LogP) is 6.66. The summed E-state index contributed by atoms with van der Waals surface area (Å²) < 4.78 is 5.49. The number of ether oxygens (including phenoxy) is 1. The van der Waals surface area contributed by atoms with Crippen LogP contribution < -0.4 is 20.7 Å². The lowest BCUT2D eigenvalue weighted by Crippen LogP contribution is -2.30. The molecule has 0 spiro atoms. The van der Waals surface area contributed by atoms with Crippen LogP contribution in [-0.4, -0.2) is 34.6 Å². The molecule has 4 aromatic rings. The van der Waals surface area contributed by atoms with E-state index >= 15 is 0 Å². The Morgan fingerprint density at radius 2 is 1.64 bits per heavy atom. The number of thioether (sulfide) groups is 1. The van der Waals surface area contributed by atoms with Gasteiger partial charge in [-0.05, 0) is 86.2 Å². The third-order valence-corrected chi connectivity index (χ3v) is 7.14. The summed E-state index contributed by atoms with van der Waals surface area (Å²) in [5.41, 5.74) is 1.74. The number of carbonyl (C=O) groups excluding carboxylic acids is 3. The summed E-state index contributed by atoms with van der Waals surface area (Å²) in [5, 5.41) is 8.41. The van der Waals surface area contributed by atoms with Gasteiger partial charge >= 0.3 is 0 Å². The Bertz CT molecular complexity index is 1540. The molecule has 1 unspecified atom stereocenters. The minimum atomic E-state index is -0.489. The number of carbonyl (C=O) groups is 3. The van der Waals surface area contributed by atoms with Crippen molar-refractivity contribution in [1.29, 1.82) is 0 Å². The largest absolute Gasteiger partial charge is 0.494 e. The maximum Gasteiger partial charge on any atom is 0.272 e. The summed E-state index contributed by atoms with van der Waals surface area (Å²) in [4.78, 5) is 43.7. The van der Waals surface area contributed by atoms with Gasteiger partial charge in [0, 0.05) is 22.3 Å². The number of aromatic nitrogens is 1. The van der Waals surface area contributed by atoms with E-state index < -0.39 is 17.1 Å². The van der Waals surface area contributed by atoms with Gasteiger partial charge in [-0.25, -0.2) is 4.98 Å².